The van der Waals surface area contributed by atoms with Crippen molar-refractivity contribution in [2.45, 2.75) is 86.5 Å². The number of anilines is 1. The van der Waals surface area contributed by atoms with E-state index in [1.165, 1.54) is 40.8 Å². The number of benzene rings is 1. The molecule has 1 aromatic carbocycles. The molecule has 38 heavy (non-hydrogen) atoms. The lowest BCUT2D eigenvalue weighted by Crippen LogP contribution is -2.29. The van der Waals surface area contributed by atoms with Crippen LogP contribution in [0.4, 0.5) is 5.69 Å². The predicted octanol–water partition coefficient (Wildman–Crippen LogP) is 7.81. The quantitative estimate of drug-likeness (QED) is 0.236. The van der Waals surface area contributed by atoms with E-state index in [9.17, 15) is 4.79 Å². The van der Waals surface area contributed by atoms with E-state index in [0.29, 0.717) is 11.8 Å². The molecular weight excluding hydrogens is 468 g/mol. The molecule has 1 atom stereocenters. The third kappa shape index (κ3) is 6.69. The van der Waals surface area contributed by atoms with Gasteiger partial charge in [0, 0.05) is 36.7 Å². The monoisotopic (exact) mass is 514 g/mol. The smallest absolute Gasteiger partial charge is 0.307 e. The van der Waals surface area contributed by atoms with E-state index in [0.717, 1.165) is 55.1 Å². The molecule has 0 bridgehead atoms. The van der Waals surface area contributed by atoms with Gasteiger partial charge >= 0.3 is 5.91 Å². The number of aryl methyl sites for hydroxylation is 2. The van der Waals surface area contributed by atoms with Crippen LogP contribution in [0.15, 0.2) is 59.1 Å². The van der Waals surface area contributed by atoms with Crippen LogP contribution < -0.4 is 4.90 Å². The molecule has 0 spiro atoms. The Kier molecular flexibility index (Phi) is 10.2. The zero-order chi connectivity index (χ0) is 28.0. The number of carbonyl (C=O) groups excluding carboxylic acids is 1. The van der Waals surface area contributed by atoms with Crippen LogP contribution >= 0.6 is 0 Å². The molecule has 0 N–H and O–H groups in total. The first-order valence-electron chi connectivity index (χ1n) is 14.1. The summed E-state index contributed by atoms with van der Waals surface area (Å²) >= 11 is 0. The number of amides is 1. The van der Waals surface area contributed by atoms with Crippen molar-refractivity contribution < 1.29 is 9.53 Å². The number of nitrogens with zero attached hydrogens (tertiary/aromatic N) is 2. The second-order valence-corrected chi connectivity index (χ2v) is 10.8. The van der Waals surface area contributed by atoms with Gasteiger partial charge in [-0.3, -0.25) is 9.69 Å². The number of ether oxygens (including phenoxy) is 1. The third-order valence-corrected chi connectivity index (χ3v) is 7.84. The molecule has 1 aliphatic carbocycles. The summed E-state index contributed by atoms with van der Waals surface area (Å²) in [6, 6.07) is 4.49. The molecular formula is C34H46N2O2. The summed E-state index contributed by atoms with van der Waals surface area (Å²) in [5.74, 6) is 6.31. The number of hydrogen-bond donors (Lipinski definition) is 0. The zero-order valence-electron chi connectivity index (χ0n) is 24.8. The maximum atomic E-state index is 13.4. The van der Waals surface area contributed by atoms with E-state index < -0.39 is 0 Å². The van der Waals surface area contributed by atoms with Gasteiger partial charge in [-0.15, -0.1) is 0 Å². The molecule has 204 valence electrons. The van der Waals surface area contributed by atoms with Crippen molar-refractivity contribution in [2.24, 2.45) is 5.92 Å². The molecule has 2 fully saturated rings. The van der Waals surface area contributed by atoms with Gasteiger partial charge in [0.1, 0.15) is 0 Å². The van der Waals surface area contributed by atoms with Crippen molar-refractivity contribution in [1.29, 1.82) is 0 Å². The van der Waals surface area contributed by atoms with Crippen molar-refractivity contribution in [3.63, 3.8) is 0 Å². The molecule has 1 aromatic rings. The summed E-state index contributed by atoms with van der Waals surface area (Å²) in [5, 5.41) is 0. The van der Waals surface area contributed by atoms with Gasteiger partial charge in [0.15, 0.2) is 0 Å². The fourth-order valence-electron chi connectivity index (χ4n) is 5.46. The number of likely N-dealkylation sites (N-methyl/N-ethyl adjacent to an activating group) is 1. The van der Waals surface area contributed by atoms with Crippen LogP contribution in [0.2, 0.25) is 0 Å². The van der Waals surface area contributed by atoms with Crippen molar-refractivity contribution in [3.05, 3.63) is 75.8 Å². The number of carbonyl (C=O) groups is 1. The highest BCUT2D eigenvalue weighted by Gasteiger charge is 2.31. The van der Waals surface area contributed by atoms with Crippen LogP contribution in [0.3, 0.4) is 0 Å². The molecule has 4 heteroatoms. The molecule has 1 aliphatic heterocycles. The van der Waals surface area contributed by atoms with Crippen LogP contribution in [-0.4, -0.2) is 31.1 Å². The van der Waals surface area contributed by atoms with Gasteiger partial charge in [0.2, 0.25) is 0 Å². The second kappa shape index (κ2) is 13.2. The lowest BCUT2D eigenvalue weighted by molar-refractivity contribution is -0.113. The van der Waals surface area contributed by atoms with E-state index in [1.54, 1.807) is 6.92 Å². The van der Waals surface area contributed by atoms with Crippen molar-refractivity contribution >= 4 is 11.6 Å². The topological polar surface area (TPSA) is 32.8 Å². The average Bonchev–Trinajstić information content (AvgIpc) is 3.59. The summed E-state index contributed by atoms with van der Waals surface area (Å²) in [4.78, 5) is 17.5. The Morgan fingerprint density at radius 2 is 1.87 bits per heavy atom. The molecule has 1 amide bonds. The van der Waals surface area contributed by atoms with E-state index in [-0.39, 0.29) is 5.91 Å². The van der Waals surface area contributed by atoms with Crippen LogP contribution in [0, 0.1) is 24.7 Å². The van der Waals surface area contributed by atoms with Crippen molar-refractivity contribution in [1.82, 2.24) is 4.90 Å². The number of allylic oxidation sites excluding steroid dienone is 5. The highest BCUT2D eigenvalue weighted by atomic mass is 16.5. The Labute approximate surface area is 231 Å². The molecule has 0 radical (unpaired) electrons. The van der Waals surface area contributed by atoms with E-state index in [4.69, 9.17) is 4.74 Å². The fraction of sp³-hybridized carbons (Fsp3) is 0.500. The average molecular weight is 515 g/mol. The maximum Gasteiger partial charge on any atom is 0.307 e. The Morgan fingerprint density at radius 1 is 1.16 bits per heavy atom. The summed E-state index contributed by atoms with van der Waals surface area (Å²) in [6.45, 7) is 20.4. The Bertz CT molecular complexity index is 1210. The van der Waals surface area contributed by atoms with Gasteiger partial charge in [0.05, 0.1) is 12.3 Å². The minimum atomic E-state index is -0.198. The Morgan fingerprint density at radius 3 is 2.39 bits per heavy atom. The normalized spacial score (nSPS) is 18.5. The van der Waals surface area contributed by atoms with Crippen LogP contribution in [-0.2, 0) is 16.0 Å². The van der Waals surface area contributed by atoms with Crippen LogP contribution in [0.25, 0.3) is 0 Å². The van der Waals surface area contributed by atoms with Crippen molar-refractivity contribution in [3.8, 4) is 11.8 Å². The van der Waals surface area contributed by atoms with Crippen LogP contribution in [0.1, 0.15) is 89.8 Å². The molecule has 3 rings (SSSR count). The first-order chi connectivity index (χ1) is 18.1. The zero-order valence-corrected chi connectivity index (χ0v) is 24.8. The summed E-state index contributed by atoms with van der Waals surface area (Å²) < 4.78 is 5.74. The lowest BCUT2D eigenvalue weighted by Gasteiger charge is -2.31. The fourth-order valence-corrected chi connectivity index (χ4v) is 5.46. The Hall–Kier alpha value is -3.03. The van der Waals surface area contributed by atoms with Gasteiger partial charge in [-0.25, -0.2) is 0 Å². The van der Waals surface area contributed by atoms with Gasteiger partial charge < -0.3 is 9.64 Å². The number of hydrogen-bond acceptors (Lipinski definition) is 3. The molecule has 0 aromatic heterocycles. The van der Waals surface area contributed by atoms with Crippen LogP contribution in [0.5, 0.6) is 0 Å². The van der Waals surface area contributed by atoms with Gasteiger partial charge in [-0.05, 0) is 119 Å². The second-order valence-electron chi connectivity index (χ2n) is 10.8. The molecule has 4 nitrogen and oxygen atoms in total. The Balaban J connectivity index is 2.10. The molecule has 1 heterocycles. The first-order valence-corrected chi connectivity index (χ1v) is 14.1. The first kappa shape index (κ1) is 29.5. The summed E-state index contributed by atoms with van der Waals surface area (Å²) in [5.41, 5.74) is 10.3. The third-order valence-electron chi connectivity index (χ3n) is 7.84. The highest BCUT2D eigenvalue weighted by Crippen LogP contribution is 2.46. The molecule has 1 saturated carbocycles. The largest absolute Gasteiger partial charge is 0.381 e. The van der Waals surface area contributed by atoms with Gasteiger partial charge in [-0.2, -0.15) is 0 Å². The summed E-state index contributed by atoms with van der Waals surface area (Å²) in [7, 11) is 2.13. The van der Waals surface area contributed by atoms with Gasteiger partial charge in [-0.1, -0.05) is 38.0 Å². The highest BCUT2D eigenvalue weighted by molar-refractivity contribution is 6.08. The SMILES string of the molecule is C=C(C)/C(=C\C=C(/C)N(C(=O)C#CC)c1cc(C)c(CC)cc1C1CC1)N(C)C(=C(C)CC)C1CCOC1. The van der Waals surface area contributed by atoms with E-state index in [2.05, 4.69) is 76.3 Å². The van der Waals surface area contributed by atoms with Crippen molar-refractivity contribution in [2.75, 3.05) is 25.2 Å². The number of rotatable bonds is 10. The van der Waals surface area contributed by atoms with Gasteiger partial charge in [0.25, 0.3) is 0 Å². The minimum absolute atomic E-state index is 0.198. The standard InChI is InChI=1S/C34H46N2O2/c1-10-13-33(37)36(32-20-25(7)27(12-3)21-30(32)28-15-16-28)26(8)14-17-31(23(4)5)35(9)34(24(6)11-2)29-18-19-38-22-29/h14,17,20-21,28-29H,4,11-12,15-16,18-19,22H2,1-3,5-9H3/b26-14+,31-17+,34-24?. The predicted molar refractivity (Wildman–Crippen MR) is 160 cm³/mol. The molecule has 1 saturated heterocycles. The van der Waals surface area contributed by atoms with E-state index in [1.807, 2.05) is 24.8 Å². The maximum absolute atomic E-state index is 13.4. The molecule has 1 unspecified atom stereocenters. The molecule has 2 aliphatic rings. The lowest BCUT2D eigenvalue weighted by atomic mass is 9.96. The van der Waals surface area contributed by atoms with E-state index >= 15 is 0 Å². The minimum Gasteiger partial charge on any atom is -0.381 e. The summed E-state index contributed by atoms with van der Waals surface area (Å²) in [6.07, 6.45) is 9.49.